The van der Waals surface area contributed by atoms with Crippen molar-refractivity contribution in [2.75, 3.05) is 6.61 Å². The number of non-ortho nitro benzene ring substituents is 3. The van der Waals surface area contributed by atoms with Crippen LogP contribution in [-0.2, 0) is 4.74 Å². The van der Waals surface area contributed by atoms with Gasteiger partial charge in [-0.3, -0.25) is 30.3 Å². The molecule has 0 amide bonds. The van der Waals surface area contributed by atoms with Crippen LogP contribution in [0.1, 0.15) is 15.9 Å². The van der Waals surface area contributed by atoms with Gasteiger partial charge in [-0.1, -0.05) is 18.2 Å². The molecule has 0 saturated heterocycles. The van der Waals surface area contributed by atoms with Crippen molar-refractivity contribution in [1.29, 1.82) is 0 Å². The van der Waals surface area contributed by atoms with Gasteiger partial charge in [0, 0.05) is 24.3 Å². The maximum absolute atomic E-state index is 12.0. The predicted octanol–water partition coefficient (Wildman–Crippen LogP) is 3.28. The molecule has 11 nitrogen and oxygen atoms in total. The first-order valence-electron chi connectivity index (χ1n) is 7.30. The Kier molecular flexibility index (Phi) is 5.89. The van der Waals surface area contributed by atoms with Crippen LogP contribution in [0.2, 0.25) is 0 Å². The van der Waals surface area contributed by atoms with Gasteiger partial charge in [0.2, 0.25) is 0 Å². The van der Waals surface area contributed by atoms with E-state index >= 15 is 0 Å². The molecule has 0 aliphatic heterocycles. The van der Waals surface area contributed by atoms with Crippen LogP contribution in [0.15, 0.2) is 48.5 Å². The number of hydrogen-bond acceptors (Lipinski definition) is 8. The van der Waals surface area contributed by atoms with Gasteiger partial charge < -0.3 is 4.74 Å². The largest absolute Gasteiger partial charge is 0.458 e. The fourth-order valence-corrected chi connectivity index (χ4v) is 2.06. The van der Waals surface area contributed by atoms with Crippen LogP contribution in [0.3, 0.4) is 0 Å². The molecule has 11 heteroatoms. The summed E-state index contributed by atoms with van der Waals surface area (Å²) in [5.74, 6) is -0.981. The van der Waals surface area contributed by atoms with Crippen LogP contribution >= 0.6 is 0 Å². The Bertz CT molecular complexity index is 922. The Hall–Kier alpha value is -4.15. The number of nitro benzene ring substituents is 3. The molecule has 2 aromatic carbocycles. The van der Waals surface area contributed by atoms with Crippen molar-refractivity contribution in [2.45, 2.75) is 0 Å². The van der Waals surface area contributed by atoms with E-state index in [4.69, 9.17) is 4.74 Å². The molecule has 0 heterocycles. The number of rotatable bonds is 7. The van der Waals surface area contributed by atoms with Gasteiger partial charge in [0.15, 0.2) is 0 Å². The van der Waals surface area contributed by atoms with Gasteiger partial charge in [-0.2, -0.15) is 0 Å². The number of nitro groups is 3. The molecule has 2 rings (SSSR count). The molecule has 0 unspecified atom stereocenters. The van der Waals surface area contributed by atoms with E-state index in [0.717, 1.165) is 18.2 Å². The molecule has 0 radical (unpaired) electrons. The first kappa shape index (κ1) is 19.2. The van der Waals surface area contributed by atoms with Gasteiger partial charge in [0.25, 0.3) is 17.1 Å². The number of hydrogen-bond donors (Lipinski definition) is 0. The van der Waals surface area contributed by atoms with Gasteiger partial charge >= 0.3 is 5.97 Å². The molecule has 0 atom stereocenters. The predicted molar refractivity (Wildman–Crippen MR) is 92.2 cm³/mol. The Morgan fingerprint density at radius 1 is 0.889 bits per heavy atom. The minimum atomic E-state index is -0.981. The number of carbonyl (C=O) groups is 1. The van der Waals surface area contributed by atoms with Crippen molar-refractivity contribution in [3.63, 3.8) is 0 Å². The number of ether oxygens (including phenoxy) is 1. The summed E-state index contributed by atoms with van der Waals surface area (Å²) in [5, 5.41) is 32.3. The maximum Gasteiger partial charge on any atom is 0.338 e. The molecular weight excluding hydrogens is 362 g/mol. The highest BCUT2D eigenvalue weighted by Crippen LogP contribution is 2.23. The van der Waals surface area contributed by atoms with Crippen molar-refractivity contribution < 1.29 is 24.3 Å². The molecule has 0 aliphatic carbocycles. The lowest BCUT2D eigenvalue weighted by atomic mass is 10.2. The van der Waals surface area contributed by atoms with Crippen LogP contribution < -0.4 is 0 Å². The highest BCUT2D eigenvalue weighted by Gasteiger charge is 2.20. The lowest BCUT2D eigenvalue weighted by Gasteiger charge is -2.02. The third-order valence-electron chi connectivity index (χ3n) is 3.26. The van der Waals surface area contributed by atoms with Crippen LogP contribution in [0, 0.1) is 30.3 Å². The topological polar surface area (TPSA) is 156 Å². The van der Waals surface area contributed by atoms with Gasteiger partial charge in [0.05, 0.1) is 26.4 Å². The Morgan fingerprint density at radius 3 is 2.04 bits per heavy atom. The van der Waals surface area contributed by atoms with E-state index in [0.29, 0.717) is 5.56 Å². The van der Waals surface area contributed by atoms with Gasteiger partial charge in [0.1, 0.15) is 6.61 Å². The number of carbonyl (C=O) groups excluding carboxylic acids is 1. The molecule has 0 fully saturated rings. The second-order valence-corrected chi connectivity index (χ2v) is 5.11. The van der Waals surface area contributed by atoms with Gasteiger partial charge in [-0.25, -0.2) is 4.79 Å². The zero-order valence-electron chi connectivity index (χ0n) is 13.5. The molecule has 0 N–H and O–H groups in total. The molecule has 0 spiro atoms. The lowest BCUT2D eigenvalue weighted by Crippen LogP contribution is -2.06. The average molecular weight is 373 g/mol. The molecule has 0 bridgehead atoms. The highest BCUT2D eigenvalue weighted by molar-refractivity contribution is 5.91. The van der Waals surface area contributed by atoms with E-state index in [1.54, 1.807) is 6.07 Å². The highest BCUT2D eigenvalue weighted by atomic mass is 16.6. The summed E-state index contributed by atoms with van der Waals surface area (Å²) in [6.07, 6.45) is 2.89. The first-order valence-corrected chi connectivity index (χ1v) is 7.30. The third kappa shape index (κ3) is 5.16. The van der Waals surface area contributed by atoms with E-state index in [1.807, 2.05) is 0 Å². The fraction of sp³-hybridized carbons (Fsp3) is 0.0625. The first-order chi connectivity index (χ1) is 12.8. The third-order valence-corrected chi connectivity index (χ3v) is 3.26. The van der Waals surface area contributed by atoms with Crippen molar-refractivity contribution in [2.24, 2.45) is 0 Å². The quantitative estimate of drug-likeness (QED) is 0.406. The summed E-state index contributed by atoms with van der Waals surface area (Å²) < 4.78 is 4.89. The number of benzene rings is 2. The molecule has 0 aliphatic rings. The van der Waals surface area contributed by atoms with Crippen LogP contribution in [0.25, 0.3) is 6.08 Å². The van der Waals surface area contributed by atoms with E-state index in [-0.39, 0.29) is 17.9 Å². The minimum absolute atomic E-state index is 0.0990. The maximum atomic E-state index is 12.0. The number of esters is 1. The molecule has 27 heavy (non-hydrogen) atoms. The van der Waals surface area contributed by atoms with E-state index in [1.165, 1.54) is 30.4 Å². The van der Waals surface area contributed by atoms with Crippen LogP contribution in [-0.4, -0.2) is 27.3 Å². The zero-order valence-corrected chi connectivity index (χ0v) is 13.5. The van der Waals surface area contributed by atoms with Gasteiger partial charge in [-0.05, 0) is 11.6 Å². The SMILES string of the molecule is O=C(OCC=Cc1cccc([N+](=O)[O-])c1)c1cc([N+](=O)[O-])cc([N+](=O)[O-])c1. The van der Waals surface area contributed by atoms with E-state index in [2.05, 4.69) is 0 Å². The smallest absolute Gasteiger partial charge is 0.338 e. The fourth-order valence-electron chi connectivity index (χ4n) is 2.06. The van der Waals surface area contributed by atoms with Crippen molar-refractivity contribution in [1.82, 2.24) is 0 Å². The van der Waals surface area contributed by atoms with Crippen LogP contribution in [0.4, 0.5) is 17.1 Å². The second-order valence-electron chi connectivity index (χ2n) is 5.11. The summed E-state index contributed by atoms with van der Waals surface area (Å²) in [6, 6.07) is 8.23. The molecule has 0 aromatic heterocycles. The molecule has 0 saturated carbocycles. The summed E-state index contributed by atoms with van der Waals surface area (Å²) in [5.41, 5.74) is -1.14. The zero-order chi connectivity index (χ0) is 20.0. The summed E-state index contributed by atoms with van der Waals surface area (Å²) in [6.45, 7) is -0.238. The van der Waals surface area contributed by atoms with Crippen molar-refractivity contribution in [3.8, 4) is 0 Å². The Morgan fingerprint density at radius 2 is 1.48 bits per heavy atom. The Labute approximate surface area is 150 Å². The molecular formula is C16H11N3O8. The lowest BCUT2D eigenvalue weighted by molar-refractivity contribution is -0.394. The van der Waals surface area contributed by atoms with Crippen molar-refractivity contribution >= 4 is 29.1 Å². The van der Waals surface area contributed by atoms with Gasteiger partial charge in [-0.15, -0.1) is 0 Å². The van der Waals surface area contributed by atoms with Crippen LogP contribution in [0.5, 0.6) is 0 Å². The van der Waals surface area contributed by atoms with Crippen molar-refractivity contribution in [3.05, 3.63) is 90.0 Å². The normalized spacial score (nSPS) is 10.5. The van der Waals surface area contributed by atoms with E-state index < -0.39 is 32.1 Å². The minimum Gasteiger partial charge on any atom is -0.458 e. The average Bonchev–Trinajstić information content (AvgIpc) is 2.64. The van der Waals surface area contributed by atoms with E-state index in [9.17, 15) is 35.1 Å². The standard InChI is InChI=1S/C16H11N3O8/c20-16(12-8-14(18(23)24)10-15(9-12)19(25)26)27-6-2-4-11-3-1-5-13(7-11)17(21)22/h1-5,7-10H,6H2. The summed E-state index contributed by atoms with van der Waals surface area (Å²) in [7, 11) is 0. The number of nitrogens with zero attached hydrogens (tertiary/aromatic N) is 3. The summed E-state index contributed by atoms with van der Waals surface area (Å²) >= 11 is 0. The summed E-state index contributed by atoms with van der Waals surface area (Å²) in [4.78, 5) is 42.0. The Balaban J connectivity index is 2.07. The molecule has 138 valence electrons. The second kappa shape index (κ2) is 8.29. The monoisotopic (exact) mass is 373 g/mol. The molecule has 2 aromatic rings.